The normalized spacial score (nSPS) is 14.9. The van der Waals surface area contributed by atoms with Gasteiger partial charge in [0.25, 0.3) is 0 Å². The molecule has 0 saturated heterocycles. The molecule has 35 heavy (non-hydrogen) atoms. The Labute approximate surface area is 209 Å². The molecule has 0 saturated carbocycles. The van der Waals surface area contributed by atoms with Gasteiger partial charge in [-0.25, -0.2) is 4.79 Å². The first kappa shape index (κ1) is 25.2. The second kappa shape index (κ2) is 12.1. The van der Waals surface area contributed by atoms with E-state index in [0.717, 1.165) is 24.8 Å². The minimum Gasteiger partial charge on any atom is -0.464 e. The van der Waals surface area contributed by atoms with Crippen LogP contribution in [0.5, 0.6) is 0 Å². The average Bonchev–Trinajstić information content (AvgIpc) is 3.18. The van der Waals surface area contributed by atoms with Crippen LogP contribution in [-0.2, 0) is 38.3 Å². The lowest BCUT2D eigenvalue weighted by Gasteiger charge is -2.17. The second-order valence-electron chi connectivity index (χ2n) is 8.98. The predicted octanol–water partition coefficient (Wildman–Crippen LogP) is 6.48. The highest BCUT2D eigenvalue weighted by Crippen LogP contribution is 2.45. The van der Waals surface area contributed by atoms with E-state index in [1.54, 1.807) is 0 Å². The molecule has 3 aromatic carbocycles. The summed E-state index contributed by atoms with van der Waals surface area (Å²) in [6.07, 6.45) is 2.99. The zero-order valence-electron chi connectivity index (χ0n) is 21.1. The summed E-state index contributed by atoms with van der Waals surface area (Å²) in [6, 6.07) is 23.8. The Balaban J connectivity index is 1.39. The Hall–Kier alpha value is -2.95. The number of carbonyl (C=O) groups excluding carboxylic acids is 1. The van der Waals surface area contributed by atoms with Gasteiger partial charge in [0, 0.05) is 13.0 Å². The number of esters is 1. The van der Waals surface area contributed by atoms with Crippen LogP contribution in [-0.4, -0.2) is 31.9 Å². The Bertz CT molecular complexity index is 1120. The minimum atomic E-state index is -0.561. The SMILES string of the molecule is CCCc1ccc2c(c1)C(OCCc1ccc(CC(OCC)C(=O)OCC)cc1)c1ccccc1-2. The van der Waals surface area contributed by atoms with Crippen LogP contribution in [0.2, 0.25) is 0 Å². The summed E-state index contributed by atoms with van der Waals surface area (Å²) in [5.74, 6) is -0.300. The van der Waals surface area contributed by atoms with Gasteiger partial charge in [0.05, 0.1) is 13.2 Å². The maximum atomic E-state index is 12.1. The molecule has 0 bridgehead atoms. The van der Waals surface area contributed by atoms with Crippen molar-refractivity contribution in [3.05, 3.63) is 94.5 Å². The van der Waals surface area contributed by atoms with Crippen LogP contribution in [0.25, 0.3) is 11.1 Å². The zero-order chi connectivity index (χ0) is 24.6. The van der Waals surface area contributed by atoms with E-state index < -0.39 is 6.10 Å². The zero-order valence-corrected chi connectivity index (χ0v) is 21.1. The van der Waals surface area contributed by atoms with E-state index in [1.165, 1.54) is 33.4 Å². The molecule has 0 aromatic heterocycles. The molecule has 0 N–H and O–H groups in total. The summed E-state index contributed by atoms with van der Waals surface area (Å²) in [6.45, 7) is 7.39. The van der Waals surface area contributed by atoms with E-state index in [-0.39, 0.29) is 12.1 Å². The highest BCUT2D eigenvalue weighted by Gasteiger charge is 2.29. The molecule has 1 aliphatic rings. The van der Waals surface area contributed by atoms with Crippen LogP contribution in [0.3, 0.4) is 0 Å². The van der Waals surface area contributed by atoms with Gasteiger partial charge in [-0.15, -0.1) is 0 Å². The molecule has 1 aliphatic carbocycles. The molecular weight excluding hydrogens is 436 g/mol. The lowest BCUT2D eigenvalue weighted by atomic mass is 10.0. The Morgan fingerprint density at radius 2 is 1.51 bits per heavy atom. The van der Waals surface area contributed by atoms with Gasteiger partial charge in [0.15, 0.2) is 6.10 Å². The molecular formula is C31H36O4. The van der Waals surface area contributed by atoms with Crippen molar-refractivity contribution in [2.75, 3.05) is 19.8 Å². The Kier molecular flexibility index (Phi) is 8.73. The van der Waals surface area contributed by atoms with E-state index in [0.29, 0.717) is 26.2 Å². The summed E-state index contributed by atoms with van der Waals surface area (Å²) in [4.78, 5) is 12.1. The number of aryl methyl sites for hydroxylation is 1. The molecule has 4 rings (SSSR count). The Morgan fingerprint density at radius 3 is 2.26 bits per heavy atom. The van der Waals surface area contributed by atoms with Gasteiger partial charge in [-0.3, -0.25) is 0 Å². The number of fused-ring (bicyclic) bond motifs is 3. The van der Waals surface area contributed by atoms with E-state index in [4.69, 9.17) is 14.2 Å². The van der Waals surface area contributed by atoms with Crippen molar-refractivity contribution in [3.63, 3.8) is 0 Å². The van der Waals surface area contributed by atoms with Gasteiger partial charge in [0.1, 0.15) is 6.10 Å². The molecule has 0 amide bonds. The number of hydrogen-bond donors (Lipinski definition) is 0. The summed E-state index contributed by atoms with van der Waals surface area (Å²) in [5, 5.41) is 0. The summed E-state index contributed by atoms with van der Waals surface area (Å²) < 4.78 is 17.2. The van der Waals surface area contributed by atoms with Gasteiger partial charge < -0.3 is 14.2 Å². The van der Waals surface area contributed by atoms with Crippen LogP contribution < -0.4 is 0 Å². The van der Waals surface area contributed by atoms with Crippen molar-refractivity contribution in [3.8, 4) is 11.1 Å². The number of ether oxygens (including phenoxy) is 3. The third-order valence-corrected chi connectivity index (χ3v) is 6.51. The number of hydrogen-bond acceptors (Lipinski definition) is 4. The van der Waals surface area contributed by atoms with Gasteiger partial charge in [-0.2, -0.15) is 0 Å². The lowest BCUT2D eigenvalue weighted by Crippen LogP contribution is -2.29. The van der Waals surface area contributed by atoms with Crippen molar-refractivity contribution in [2.45, 2.75) is 58.7 Å². The first-order valence-corrected chi connectivity index (χ1v) is 12.8. The van der Waals surface area contributed by atoms with E-state index in [1.807, 2.05) is 13.8 Å². The largest absolute Gasteiger partial charge is 0.464 e. The maximum Gasteiger partial charge on any atom is 0.335 e. The monoisotopic (exact) mass is 472 g/mol. The molecule has 184 valence electrons. The summed E-state index contributed by atoms with van der Waals surface area (Å²) >= 11 is 0. The van der Waals surface area contributed by atoms with Gasteiger partial charge >= 0.3 is 5.97 Å². The smallest absolute Gasteiger partial charge is 0.335 e. The van der Waals surface area contributed by atoms with Gasteiger partial charge in [0.2, 0.25) is 0 Å². The highest BCUT2D eigenvalue weighted by molar-refractivity contribution is 5.78. The molecule has 0 spiro atoms. The lowest BCUT2D eigenvalue weighted by molar-refractivity contribution is -0.156. The van der Waals surface area contributed by atoms with Gasteiger partial charge in [-0.1, -0.05) is 80.1 Å². The highest BCUT2D eigenvalue weighted by atomic mass is 16.6. The topological polar surface area (TPSA) is 44.8 Å². The van der Waals surface area contributed by atoms with Gasteiger partial charge in [-0.05, 0) is 65.6 Å². The van der Waals surface area contributed by atoms with E-state index in [9.17, 15) is 4.79 Å². The summed E-state index contributed by atoms with van der Waals surface area (Å²) in [5.41, 5.74) is 8.76. The average molecular weight is 473 g/mol. The number of carbonyl (C=O) groups is 1. The van der Waals surface area contributed by atoms with Crippen LogP contribution >= 0.6 is 0 Å². The molecule has 2 unspecified atom stereocenters. The first-order chi connectivity index (χ1) is 17.1. The molecule has 0 aliphatic heterocycles. The predicted molar refractivity (Wildman–Crippen MR) is 140 cm³/mol. The fourth-order valence-electron chi connectivity index (χ4n) is 4.83. The summed E-state index contributed by atoms with van der Waals surface area (Å²) in [7, 11) is 0. The van der Waals surface area contributed by atoms with Crippen molar-refractivity contribution >= 4 is 5.97 Å². The quantitative estimate of drug-likeness (QED) is 0.283. The third kappa shape index (κ3) is 6.01. The second-order valence-corrected chi connectivity index (χ2v) is 8.98. The van der Waals surface area contributed by atoms with Crippen LogP contribution in [0.4, 0.5) is 0 Å². The molecule has 0 fully saturated rings. The molecule has 4 heteroatoms. The number of rotatable bonds is 12. The van der Waals surface area contributed by atoms with Crippen LogP contribution in [0, 0.1) is 0 Å². The van der Waals surface area contributed by atoms with Crippen molar-refractivity contribution in [2.24, 2.45) is 0 Å². The van der Waals surface area contributed by atoms with Crippen molar-refractivity contribution in [1.29, 1.82) is 0 Å². The maximum absolute atomic E-state index is 12.1. The van der Waals surface area contributed by atoms with Crippen LogP contribution in [0.1, 0.15) is 61.1 Å². The Morgan fingerprint density at radius 1 is 0.800 bits per heavy atom. The molecule has 2 atom stereocenters. The van der Waals surface area contributed by atoms with E-state index in [2.05, 4.69) is 73.7 Å². The standard InChI is InChI=1S/C31H36O4/c1-4-9-23-16-17-26-25-10-7-8-11-27(25)30(28(26)20-23)35-19-18-22-12-14-24(15-13-22)21-29(33-5-2)31(32)34-6-3/h7-8,10-17,20,29-30H,4-6,9,18-19,21H2,1-3H3. The van der Waals surface area contributed by atoms with Crippen molar-refractivity contribution in [1.82, 2.24) is 0 Å². The molecule has 3 aromatic rings. The van der Waals surface area contributed by atoms with Crippen molar-refractivity contribution < 1.29 is 19.0 Å². The fraction of sp³-hybridized carbons (Fsp3) is 0.387. The molecule has 0 heterocycles. The number of benzene rings is 3. The first-order valence-electron chi connectivity index (χ1n) is 12.8. The molecule has 4 nitrogen and oxygen atoms in total. The minimum absolute atomic E-state index is 0.0196. The van der Waals surface area contributed by atoms with E-state index >= 15 is 0 Å². The third-order valence-electron chi connectivity index (χ3n) is 6.51. The molecule has 0 radical (unpaired) electrons. The van der Waals surface area contributed by atoms with Crippen LogP contribution in [0.15, 0.2) is 66.7 Å². The fourth-order valence-corrected chi connectivity index (χ4v) is 4.83.